The van der Waals surface area contributed by atoms with Gasteiger partial charge in [0.15, 0.2) is 0 Å². The number of hydrogen-bond acceptors (Lipinski definition) is 4. The molecule has 0 unspecified atom stereocenters. The zero-order chi connectivity index (χ0) is 16.4. The van der Waals surface area contributed by atoms with Gasteiger partial charge in [-0.25, -0.2) is 0 Å². The van der Waals surface area contributed by atoms with Crippen molar-refractivity contribution in [3.8, 4) is 0 Å². The van der Waals surface area contributed by atoms with Crippen LogP contribution in [0.5, 0.6) is 0 Å². The van der Waals surface area contributed by atoms with Gasteiger partial charge in [-0.1, -0.05) is 17.7 Å². The second-order valence-electron chi connectivity index (χ2n) is 5.99. The van der Waals surface area contributed by atoms with E-state index in [0.717, 1.165) is 35.5 Å². The molecule has 4 N–H and O–H groups in total. The summed E-state index contributed by atoms with van der Waals surface area (Å²) in [5.41, 5.74) is 8.74. The molecule has 1 aliphatic rings. The zero-order valence-electron chi connectivity index (χ0n) is 12.9. The fraction of sp³-hybridized carbons (Fsp3) is 0.294. The SMILES string of the molecule is Cc1ccc(Nc2ccc(CNC(=O)C3(N)CC3)nc2)c(Cl)c1. The van der Waals surface area contributed by atoms with Crippen molar-refractivity contribution in [3.63, 3.8) is 0 Å². The molecule has 1 saturated carbocycles. The zero-order valence-corrected chi connectivity index (χ0v) is 13.7. The van der Waals surface area contributed by atoms with Crippen LogP contribution in [-0.4, -0.2) is 16.4 Å². The first kappa shape index (κ1) is 15.8. The minimum atomic E-state index is -0.649. The third-order valence-electron chi connectivity index (χ3n) is 3.90. The van der Waals surface area contributed by atoms with Crippen LogP contribution in [-0.2, 0) is 11.3 Å². The summed E-state index contributed by atoms with van der Waals surface area (Å²) < 4.78 is 0. The highest BCUT2D eigenvalue weighted by Gasteiger charge is 2.45. The molecule has 0 bridgehead atoms. The minimum absolute atomic E-state index is 0.104. The lowest BCUT2D eigenvalue weighted by molar-refractivity contribution is -0.123. The van der Waals surface area contributed by atoms with Gasteiger partial charge in [0, 0.05) is 0 Å². The fourth-order valence-electron chi connectivity index (χ4n) is 2.19. The van der Waals surface area contributed by atoms with Gasteiger partial charge in [0.2, 0.25) is 5.91 Å². The van der Waals surface area contributed by atoms with Crippen molar-refractivity contribution in [2.24, 2.45) is 5.73 Å². The monoisotopic (exact) mass is 330 g/mol. The molecule has 2 aromatic rings. The molecule has 1 aromatic heterocycles. The maximum absolute atomic E-state index is 11.8. The van der Waals surface area contributed by atoms with Crippen LogP contribution in [0.2, 0.25) is 5.02 Å². The lowest BCUT2D eigenvalue weighted by atomic mass is 10.2. The molecule has 3 rings (SSSR count). The van der Waals surface area contributed by atoms with E-state index in [-0.39, 0.29) is 5.91 Å². The van der Waals surface area contributed by atoms with Gasteiger partial charge in [-0.2, -0.15) is 0 Å². The summed E-state index contributed by atoms with van der Waals surface area (Å²) >= 11 is 6.20. The molecule has 0 radical (unpaired) electrons. The molecule has 1 aromatic carbocycles. The number of benzene rings is 1. The smallest absolute Gasteiger partial charge is 0.240 e. The molecule has 0 saturated heterocycles. The maximum Gasteiger partial charge on any atom is 0.240 e. The Labute approximate surface area is 140 Å². The summed E-state index contributed by atoms with van der Waals surface area (Å²) in [6, 6.07) is 9.59. The Hall–Kier alpha value is -2.11. The predicted octanol–water partition coefficient (Wildman–Crippen LogP) is 2.89. The number of halogens is 1. The Morgan fingerprint density at radius 1 is 1.35 bits per heavy atom. The Morgan fingerprint density at radius 2 is 2.13 bits per heavy atom. The first-order valence-corrected chi connectivity index (χ1v) is 7.89. The standard InChI is InChI=1S/C17H19ClN4O/c1-11-2-5-15(14(18)8-11)22-13-4-3-12(20-10-13)9-21-16(23)17(19)6-7-17/h2-5,8,10,22H,6-7,9,19H2,1H3,(H,21,23). The molecule has 6 heteroatoms. The molecule has 1 amide bonds. The van der Waals surface area contributed by atoms with Gasteiger partial charge in [-0.15, -0.1) is 0 Å². The molecule has 0 aliphatic heterocycles. The Balaban J connectivity index is 1.59. The van der Waals surface area contributed by atoms with E-state index in [4.69, 9.17) is 17.3 Å². The molecule has 120 valence electrons. The van der Waals surface area contributed by atoms with Crippen LogP contribution in [0.1, 0.15) is 24.1 Å². The van der Waals surface area contributed by atoms with Gasteiger partial charge in [0.25, 0.3) is 0 Å². The number of carbonyl (C=O) groups excluding carboxylic acids is 1. The summed E-state index contributed by atoms with van der Waals surface area (Å²) in [5, 5.41) is 6.71. The summed E-state index contributed by atoms with van der Waals surface area (Å²) in [7, 11) is 0. The third kappa shape index (κ3) is 3.81. The number of pyridine rings is 1. The number of nitrogens with zero attached hydrogens (tertiary/aromatic N) is 1. The average molecular weight is 331 g/mol. The summed E-state index contributed by atoms with van der Waals surface area (Å²) in [4.78, 5) is 16.1. The molecule has 0 spiro atoms. The van der Waals surface area contributed by atoms with E-state index in [2.05, 4.69) is 15.6 Å². The summed E-state index contributed by atoms with van der Waals surface area (Å²) in [6.07, 6.45) is 3.23. The number of amides is 1. The van der Waals surface area contributed by atoms with Crippen molar-refractivity contribution in [2.75, 3.05) is 5.32 Å². The Kier molecular flexibility index (Phi) is 4.24. The molecule has 5 nitrogen and oxygen atoms in total. The number of aromatic nitrogens is 1. The number of aryl methyl sites for hydroxylation is 1. The van der Waals surface area contributed by atoms with Gasteiger partial charge in [-0.3, -0.25) is 9.78 Å². The third-order valence-corrected chi connectivity index (χ3v) is 4.21. The van der Waals surface area contributed by atoms with Crippen molar-refractivity contribution in [3.05, 3.63) is 52.8 Å². The lowest BCUT2D eigenvalue weighted by Gasteiger charge is -2.11. The van der Waals surface area contributed by atoms with E-state index >= 15 is 0 Å². The molecular formula is C17H19ClN4O. The number of nitrogens with two attached hydrogens (primary N) is 1. The van der Waals surface area contributed by atoms with Crippen LogP contribution in [0.4, 0.5) is 11.4 Å². The van der Waals surface area contributed by atoms with Gasteiger partial charge in [0.05, 0.1) is 40.4 Å². The largest absolute Gasteiger partial charge is 0.353 e. The van der Waals surface area contributed by atoms with Crippen LogP contribution in [0, 0.1) is 6.92 Å². The van der Waals surface area contributed by atoms with Crippen molar-refractivity contribution in [2.45, 2.75) is 31.8 Å². The first-order valence-electron chi connectivity index (χ1n) is 7.52. The normalized spacial score (nSPS) is 15.1. The van der Waals surface area contributed by atoms with Gasteiger partial charge in [-0.05, 0) is 49.6 Å². The van der Waals surface area contributed by atoms with E-state index in [1.54, 1.807) is 6.20 Å². The van der Waals surface area contributed by atoms with Gasteiger partial charge >= 0.3 is 0 Å². The van der Waals surface area contributed by atoms with Crippen LogP contribution in [0.25, 0.3) is 0 Å². The van der Waals surface area contributed by atoms with Crippen molar-refractivity contribution < 1.29 is 4.79 Å². The van der Waals surface area contributed by atoms with E-state index in [9.17, 15) is 4.79 Å². The molecule has 1 fully saturated rings. The van der Waals surface area contributed by atoms with E-state index in [1.807, 2.05) is 37.3 Å². The summed E-state index contributed by atoms with van der Waals surface area (Å²) in [5.74, 6) is -0.104. The minimum Gasteiger partial charge on any atom is -0.353 e. The predicted molar refractivity (Wildman–Crippen MR) is 91.7 cm³/mol. The second kappa shape index (κ2) is 6.18. The molecule has 1 heterocycles. The Bertz CT molecular complexity index is 726. The van der Waals surface area contributed by atoms with Gasteiger partial charge < -0.3 is 16.4 Å². The number of hydrogen-bond donors (Lipinski definition) is 3. The number of carbonyl (C=O) groups is 1. The average Bonchev–Trinajstić information content (AvgIpc) is 3.28. The van der Waals surface area contributed by atoms with Crippen LogP contribution < -0.4 is 16.4 Å². The van der Waals surface area contributed by atoms with Crippen LogP contribution in [0.15, 0.2) is 36.5 Å². The second-order valence-corrected chi connectivity index (χ2v) is 6.39. The fourth-order valence-corrected chi connectivity index (χ4v) is 2.47. The molecule has 23 heavy (non-hydrogen) atoms. The van der Waals surface area contributed by atoms with Gasteiger partial charge in [0.1, 0.15) is 0 Å². The Morgan fingerprint density at radius 3 is 2.74 bits per heavy atom. The van der Waals surface area contributed by atoms with Crippen LogP contribution >= 0.6 is 11.6 Å². The summed E-state index contributed by atoms with van der Waals surface area (Å²) in [6.45, 7) is 2.37. The molecule has 1 aliphatic carbocycles. The number of anilines is 2. The highest BCUT2D eigenvalue weighted by molar-refractivity contribution is 6.33. The first-order chi connectivity index (χ1) is 11.0. The molecular weight excluding hydrogens is 312 g/mol. The number of nitrogens with one attached hydrogen (secondary N) is 2. The van der Waals surface area contributed by atoms with Crippen molar-refractivity contribution in [1.29, 1.82) is 0 Å². The highest BCUT2D eigenvalue weighted by Crippen LogP contribution is 2.32. The van der Waals surface area contributed by atoms with Crippen molar-refractivity contribution in [1.82, 2.24) is 10.3 Å². The van der Waals surface area contributed by atoms with Crippen molar-refractivity contribution >= 4 is 28.9 Å². The lowest BCUT2D eigenvalue weighted by Crippen LogP contribution is -2.42. The van der Waals surface area contributed by atoms with Crippen LogP contribution in [0.3, 0.4) is 0 Å². The highest BCUT2D eigenvalue weighted by atomic mass is 35.5. The molecule has 0 atom stereocenters. The van der Waals surface area contributed by atoms with E-state index in [1.165, 1.54) is 0 Å². The van der Waals surface area contributed by atoms with E-state index < -0.39 is 5.54 Å². The quantitative estimate of drug-likeness (QED) is 0.787. The number of rotatable bonds is 5. The topological polar surface area (TPSA) is 80.0 Å². The van der Waals surface area contributed by atoms with E-state index in [0.29, 0.717) is 11.6 Å². The maximum atomic E-state index is 11.8.